The molecule has 4 rings (SSSR count). The Morgan fingerprint density at radius 3 is 2.08 bits per heavy atom. The molecule has 0 aliphatic carbocycles. The number of hydrogen-bond acceptors (Lipinski definition) is 1. The maximum atomic E-state index is 14.5. The zero-order valence-electron chi connectivity index (χ0n) is 14.0. The molecule has 0 spiro atoms. The van der Waals surface area contributed by atoms with E-state index < -0.39 is 11.6 Å². The summed E-state index contributed by atoms with van der Waals surface area (Å²) in [5, 5.41) is 0. The fourth-order valence-electron chi connectivity index (χ4n) is 3.24. The Morgan fingerprint density at radius 2 is 1.40 bits per heavy atom. The standard InChI is InChI=1S/C22H18F2O/c1-14-4-6-15(7-5-14)16-8-10-17(11-9-16)19-13-18-3-2-12-25-22(18)21(24)20(19)23/h4-11,13H,2-3,12H2,1H3. The molecule has 0 radical (unpaired) electrons. The number of rotatable bonds is 2. The van der Waals surface area contributed by atoms with Crippen LogP contribution in [-0.4, -0.2) is 6.61 Å². The van der Waals surface area contributed by atoms with E-state index in [2.05, 4.69) is 24.3 Å². The van der Waals surface area contributed by atoms with Gasteiger partial charge in [0.05, 0.1) is 6.61 Å². The van der Waals surface area contributed by atoms with Crippen LogP contribution in [0.1, 0.15) is 17.5 Å². The second kappa shape index (κ2) is 6.32. The van der Waals surface area contributed by atoms with Gasteiger partial charge in [0.15, 0.2) is 11.6 Å². The van der Waals surface area contributed by atoms with Crippen molar-refractivity contribution < 1.29 is 13.5 Å². The summed E-state index contributed by atoms with van der Waals surface area (Å²) in [7, 11) is 0. The highest BCUT2D eigenvalue weighted by Crippen LogP contribution is 2.36. The van der Waals surface area contributed by atoms with Crippen LogP contribution in [0.2, 0.25) is 0 Å². The highest BCUT2D eigenvalue weighted by atomic mass is 19.2. The number of fused-ring (bicyclic) bond motifs is 1. The number of ether oxygens (including phenoxy) is 1. The van der Waals surface area contributed by atoms with Crippen molar-refractivity contribution in [3.63, 3.8) is 0 Å². The van der Waals surface area contributed by atoms with Gasteiger partial charge < -0.3 is 4.74 Å². The molecular formula is C22H18F2O. The van der Waals surface area contributed by atoms with Gasteiger partial charge in [-0.05, 0) is 48.1 Å². The van der Waals surface area contributed by atoms with Crippen molar-refractivity contribution in [3.8, 4) is 28.0 Å². The predicted octanol–water partition coefficient (Wildman–Crippen LogP) is 5.93. The minimum absolute atomic E-state index is 0.0729. The first-order valence-electron chi connectivity index (χ1n) is 8.44. The molecule has 0 unspecified atom stereocenters. The summed E-state index contributed by atoms with van der Waals surface area (Å²) in [6.07, 6.45) is 1.53. The summed E-state index contributed by atoms with van der Waals surface area (Å²) in [4.78, 5) is 0. The number of halogens is 2. The van der Waals surface area contributed by atoms with Crippen molar-refractivity contribution in [1.29, 1.82) is 0 Å². The van der Waals surface area contributed by atoms with E-state index in [0.29, 0.717) is 18.6 Å². The summed E-state index contributed by atoms with van der Waals surface area (Å²) < 4.78 is 34.1. The van der Waals surface area contributed by atoms with E-state index in [1.54, 1.807) is 6.07 Å². The average molecular weight is 336 g/mol. The van der Waals surface area contributed by atoms with Crippen molar-refractivity contribution in [2.75, 3.05) is 6.61 Å². The second-order valence-corrected chi connectivity index (χ2v) is 6.44. The first kappa shape index (κ1) is 15.8. The molecule has 3 aromatic rings. The van der Waals surface area contributed by atoms with Gasteiger partial charge in [-0.2, -0.15) is 4.39 Å². The fourth-order valence-corrected chi connectivity index (χ4v) is 3.24. The number of hydrogen-bond donors (Lipinski definition) is 0. The van der Waals surface area contributed by atoms with Gasteiger partial charge in [-0.25, -0.2) is 4.39 Å². The Balaban J connectivity index is 1.73. The largest absolute Gasteiger partial charge is 0.490 e. The summed E-state index contributed by atoms with van der Waals surface area (Å²) >= 11 is 0. The Labute approximate surface area is 145 Å². The lowest BCUT2D eigenvalue weighted by Gasteiger charge is -2.19. The maximum Gasteiger partial charge on any atom is 0.201 e. The molecule has 1 aliphatic heterocycles. The minimum atomic E-state index is -0.880. The van der Waals surface area contributed by atoms with Crippen LogP contribution < -0.4 is 4.74 Å². The van der Waals surface area contributed by atoms with Crippen molar-refractivity contribution in [2.45, 2.75) is 19.8 Å². The molecule has 1 nitrogen and oxygen atoms in total. The quantitative estimate of drug-likeness (QED) is 0.563. The summed E-state index contributed by atoms with van der Waals surface area (Å²) in [6, 6.07) is 17.5. The van der Waals surface area contributed by atoms with Gasteiger partial charge in [0.2, 0.25) is 5.82 Å². The van der Waals surface area contributed by atoms with Crippen LogP contribution in [0.15, 0.2) is 54.6 Å². The summed E-state index contributed by atoms with van der Waals surface area (Å²) in [5.41, 5.74) is 5.04. The van der Waals surface area contributed by atoms with Crippen molar-refractivity contribution in [1.82, 2.24) is 0 Å². The molecule has 0 saturated heterocycles. The lowest BCUT2D eigenvalue weighted by molar-refractivity contribution is 0.268. The lowest BCUT2D eigenvalue weighted by atomic mass is 9.96. The molecule has 1 heterocycles. The first-order chi connectivity index (χ1) is 12.1. The molecule has 0 amide bonds. The summed E-state index contributed by atoms with van der Waals surface area (Å²) in [6.45, 7) is 2.48. The Hall–Kier alpha value is -2.68. The molecule has 0 atom stereocenters. The molecule has 1 aliphatic rings. The van der Waals surface area contributed by atoms with Crippen LogP contribution in [0.5, 0.6) is 5.75 Å². The molecule has 0 fully saturated rings. The van der Waals surface area contributed by atoms with Gasteiger partial charge in [0.25, 0.3) is 0 Å². The molecule has 3 aromatic carbocycles. The van der Waals surface area contributed by atoms with Crippen molar-refractivity contribution in [2.24, 2.45) is 0 Å². The zero-order valence-corrected chi connectivity index (χ0v) is 14.0. The van der Waals surface area contributed by atoms with Crippen LogP contribution in [0.4, 0.5) is 8.78 Å². The molecule has 3 heteroatoms. The third kappa shape index (κ3) is 2.91. The van der Waals surface area contributed by atoms with Crippen LogP contribution in [0.3, 0.4) is 0 Å². The van der Waals surface area contributed by atoms with E-state index in [1.165, 1.54) is 5.56 Å². The number of benzene rings is 3. The Bertz CT molecular complexity index is 912. The van der Waals surface area contributed by atoms with Crippen LogP contribution in [-0.2, 0) is 6.42 Å². The van der Waals surface area contributed by atoms with Crippen molar-refractivity contribution in [3.05, 3.63) is 77.4 Å². The molecule has 0 aromatic heterocycles. The van der Waals surface area contributed by atoms with Crippen LogP contribution >= 0.6 is 0 Å². The van der Waals surface area contributed by atoms with Crippen LogP contribution in [0.25, 0.3) is 22.3 Å². The number of aryl methyl sites for hydroxylation is 2. The zero-order chi connectivity index (χ0) is 17.4. The fraction of sp³-hybridized carbons (Fsp3) is 0.182. The smallest absolute Gasteiger partial charge is 0.201 e. The van der Waals surface area contributed by atoms with E-state index in [4.69, 9.17) is 4.74 Å². The molecule has 0 bridgehead atoms. The highest BCUT2D eigenvalue weighted by molar-refractivity contribution is 5.72. The van der Waals surface area contributed by atoms with Crippen LogP contribution in [0, 0.1) is 18.6 Å². The monoisotopic (exact) mass is 336 g/mol. The molecular weight excluding hydrogens is 318 g/mol. The van der Waals surface area contributed by atoms with Gasteiger partial charge in [0.1, 0.15) is 0 Å². The van der Waals surface area contributed by atoms with E-state index in [1.807, 2.05) is 31.2 Å². The van der Waals surface area contributed by atoms with Gasteiger partial charge >= 0.3 is 0 Å². The van der Waals surface area contributed by atoms with Gasteiger partial charge in [0, 0.05) is 5.56 Å². The predicted molar refractivity (Wildman–Crippen MR) is 95.8 cm³/mol. The van der Waals surface area contributed by atoms with Gasteiger partial charge in [-0.3, -0.25) is 0 Å². The Kier molecular flexibility index (Phi) is 4.00. The normalized spacial score (nSPS) is 13.2. The van der Waals surface area contributed by atoms with E-state index in [-0.39, 0.29) is 11.3 Å². The third-order valence-corrected chi connectivity index (χ3v) is 4.66. The minimum Gasteiger partial charge on any atom is -0.490 e. The Morgan fingerprint density at radius 1 is 0.800 bits per heavy atom. The lowest BCUT2D eigenvalue weighted by Crippen LogP contribution is -2.11. The molecule has 0 saturated carbocycles. The maximum absolute atomic E-state index is 14.5. The molecule has 25 heavy (non-hydrogen) atoms. The van der Waals surface area contributed by atoms with E-state index >= 15 is 0 Å². The third-order valence-electron chi connectivity index (χ3n) is 4.66. The molecule has 0 N–H and O–H groups in total. The highest BCUT2D eigenvalue weighted by Gasteiger charge is 2.22. The average Bonchev–Trinajstić information content (AvgIpc) is 2.65. The first-order valence-corrected chi connectivity index (χ1v) is 8.44. The summed E-state index contributed by atoms with van der Waals surface area (Å²) in [5.74, 6) is -1.65. The SMILES string of the molecule is Cc1ccc(-c2ccc(-c3cc4c(c(F)c3F)OCCC4)cc2)cc1. The second-order valence-electron chi connectivity index (χ2n) is 6.44. The van der Waals surface area contributed by atoms with E-state index in [9.17, 15) is 8.78 Å². The van der Waals surface area contributed by atoms with Gasteiger partial charge in [-0.1, -0.05) is 54.1 Å². The van der Waals surface area contributed by atoms with Crippen molar-refractivity contribution >= 4 is 0 Å². The molecule has 126 valence electrons. The topological polar surface area (TPSA) is 9.23 Å². The van der Waals surface area contributed by atoms with Gasteiger partial charge in [-0.15, -0.1) is 0 Å². The van der Waals surface area contributed by atoms with E-state index in [0.717, 1.165) is 23.1 Å².